The molecule has 0 spiro atoms. The van der Waals surface area contributed by atoms with E-state index in [1.807, 2.05) is 20.8 Å². The Morgan fingerprint density at radius 2 is 1.79 bits per heavy atom. The molecule has 1 aliphatic carbocycles. The van der Waals surface area contributed by atoms with Gasteiger partial charge in [-0.15, -0.1) is 0 Å². The van der Waals surface area contributed by atoms with Gasteiger partial charge in [0.15, 0.2) is 0 Å². The zero-order valence-electron chi connectivity index (χ0n) is 9.59. The van der Waals surface area contributed by atoms with Crippen LogP contribution in [0.1, 0.15) is 46.5 Å². The van der Waals surface area contributed by atoms with E-state index < -0.39 is 0 Å². The second-order valence-electron chi connectivity index (χ2n) is 3.64. The summed E-state index contributed by atoms with van der Waals surface area (Å²) in [6.45, 7) is 5.87. The van der Waals surface area contributed by atoms with E-state index in [1.54, 1.807) is 0 Å². The molecule has 0 amide bonds. The molecule has 0 unspecified atom stereocenters. The Bertz CT molecular complexity index is 205. The maximum absolute atomic E-state index is 8.57. The average molecular weight is 194 g/mol. The highest BCUT2D eigenvalue weighted by molar-refractivity contribution is 5.18. The van der Waals surface area contributed by atoms with E-state index in [1.165, 1.54) is 0 Å². The van der Waals surface area contributed by atoms with E-state index in [4.69, 9.17) is 11.0 Å². The quantitative estimate of drug-likeness (QED) is 0.652. The molecule has 0 saturated heterocycles. The number of allylic oxidation sites excluding steroid dienone is 2. The van der Waals surface area contributed by atoms with Crippen LogP contribution in [0.5, 0.6) is 0 Å². The Labute approximate surface area is 87.8 Å². The van der Waals surface area contributed by atoms with E-state index in [9.17, 15) is 0 Å². The Morgan fingerprint density at radius 3 is 2.21 bits per heavy atom. The molecule has 0 heterocycles. The van der Waals surface area contributed by atoms with Crippen molar-refractivity contribution >= 4 is 0 Å². The molecule has 1 rings (SSSR count). The first-order valence-electron chi connectivity index (χ1n) is 5.56. The summed E-state index contributed by atoms with van der Waals surface area (Å²) in [6.07, 6.45) is 6.62. The van der Waals surface area contributed by atoms with Gasteiger partial charge in [0.2, 0.25) is 0 Å². The summed E-state index contributed by atoms with van der Waals surface area (Å²) in [6, 6.07) is 2.55. The Kier molecular flexibility index (Phi) is 7.14. The molecular formula is C12H22N2. The monoisotopic (exact) mass is 194 g/mol. The lowest BCUT2D eigenvalue weighted by atomic mass is 9.85. The molecular weight excluding hydrogens is 172 g/mol. The van der Waals surface area contributed by atoms with Crippen LogP contribution in [0.15, 0.2) is 11.6 Å². The molecule has 0 bridgehead atoms. The highest BCUT2D eigenvalue weighted by Gasteiger charge is 2.16. The lowest BCUT2D eigenvalue weighted by Gasteiger charge is -2.23. The van der Waals surface area contributed by atoms with Crippen molar-refractivity contribution in [2.75, 3.05) is 0 Å². The molecule has 1 saturated carbocycles. The summed E-state index contributed by atoms with van der Waals surface area (Å²) in [5.41, 5.74) is 6.62. The van der Waals surface area contributed by atoms with E-state index in [2.05, 4.69) is 12.1 Å². The minimum Gasteiger partial charge on any atom is -0.328 e. The maximum atomic E-state index is 8.57. The first-order valence-corrected chi connectivity index (χ1v) is 5.56. The number of rotatable bonds is 1. The third kappa shape index (κ3) is 5.04. The van der Waals surface area contributed by atoms with Crippen molar-refractivity contribution in [3.63, 3.8) is 0 Å². The summed E-state index contributed by atoms with van der Waals surface area (Å²) >= 11 is 0. The van der Waals surface area contributed by atoms with Gasteiger partial charge in [-0.05, 0) is 38.5 Å². The topological polar surface area (TPSA) is 49.8 Å². The third-order valence-electron chi connectivity index (χ3n) is 2.48. The van der Waals surface area contributed by atoms with Gasteiger partial charge in [-0.3, -0.25) is 0 Å². The van der Waals surface area contributed by atoms with Crippen molar-refractivity contribution in [2.24, 2.45) is 11.7 Å². The van der Waals surface area contributed by atoms with Gasteiger partial charge in [-0.1, -0.05) is 19.9 Å². The van der Waals surface area contributed by atoms with Crippen molar-refractivity contribution in [1.29, 1.82) is 5.26 Å². The fourth-order valence-corrected chi connectivity index (χ4v) is 1.70. The normalized spacial score (nSPS) is 27.2. The Hall–Kier alpha value is -0.810. The van der Waals surface area contributed by atoms with Crippen molar-refractivity contribution in [1.82, 2.24) is 0 Å². The summed E-state index contributed by atoms with van der Waals surface area (Å²) in [5, 5.41) is 8.57. The average Bonchev–Trinajstić information content (AvgIpc) is 2.24. The van der Waals surface area contributed by atoms with Crippen molar-refractivity contribution in [3.8, 4) is 6.07 Å². The second kappa shape index (κ2) is 7.58. The fraction of sp³-hybridized carbons (Fsp3) is 0.750. The van der Waals surface area contributed by atoms with Gasteiger partial charge in [-0.2, -0.15) is 5.26 Å². The van der Waals surface area contributed by atoms with Gasteiger partial charge < -0.3 is 5.73 Å². The molecule has 0 aromatic rings. The highest BCUT2D eigenvalue weighted by atomic mass is 14.6. The van der Waals surface area contributed by atoms with Crippen LogP contribution < -0.4 is 5.73 Å². The molecule has 0 radical (unpaired) electrons. The summed E-state index contributed by atoms with van der Waals surface area (Å²) in [5.74, 6) is 0.601. The minimum absolute atomic E-state index is 0.400. The molecule has 0 aromatic heterocycles. The van der Waals surface area contributed by atoms with Crippen LogP contribution >= 0.6 is 0 Å². The number of nitriles is 1. The smallest absolute Gasteiger partial charge is 0.0940 e. The van der Waals surface area contributed by atoms with E-state index in [0.29, 0.717) is 12.0 Å². The predicted molar refractivity (Wildman–Crippen MR) is 60.7 cm³/mol. The van der Waals surface area contributed by atoms with Gasteiger partial charge in [-0.25, -0.2) is 0 Å². The van der Waals surface area contributed by atoms with Gasteiger partial charge >= 0.3 is 0 Å². The molecule has 1 fully saturated rings. The molecule has 80 valence electrons. The minimum atomic E-state index is 0.400. The van der Waals surface area contributed by atoms with E-state index in [-0.39, 0.29) is 0 Å². The molecule has 2 N–H and O–H groups in total. The SMILES string of the molecule is CC.CC(C#N)=CC1CCC(N)CC1. The number of nitrogens with zero attached hydrogens (tertiary/aromatic N) is 1. The molecule has 1 aliphatic rings. The number of hydrogen-bond acceptors (Lipinski definition) is 2. The zero-order valence-corrected chi connectivity index (χ0v) is 9.59. The Balaban J connectivity index is 0.000000791. The second-order valence-corrected chi connectivity index (χ2v) is 3.64. The van der Waals surface area contributed by atoms with Crippen LogP contribution in [-0.4, -0.2) is 6.04 Å². The molecule has 0 aromatic carbocycles. The van der Waals surface area contributed by atoms with Crippen LogP contribution in [0, 0.1) is 17.2 Å². The molecule has 0 aliphatic heterocycles. The predicted octanol–water partition coefficient (Wildman–Crippen LogP) is 3.00. The molecule has 2 heteroatoms. The fourth-order valence-electron chi connectivity index (χ4n) is 1.70. The molecule has 14 heavy (non-hydrogen) atoms. The van der Waals surface area contributed by atoms with Crippen LogP contribution in [0.2, 0.25) is 0 Å². The van der Waals surface area contributed by atoms with Gasteiger partial charge in [0.25, 0.3) is 0 Å². The highest BCUT2D eigenvalue weighted by Crippen LogP contribution is 2.24. The summed E-state index contributed by atoms with van der Waals surface area (Å²) in [7, 11) is 0. The standard InChI is InChI=1S/C10H16N2.C2H6/c1-8(7-11)6-9-2-4-10(12)5-3-9;1-2/h6,9-10H,2-5,12H2,1H3;1-2H3. The van der Waals surface area contributed by atoms with Crippen molar-refractivity contribution < 1.29 is 0 Å². The van der Waals surface area contributed by atoms with Gasteiger partial charge in [0.1, 0.15) is 0 Å². The zero-order chi connectivity index (χ0) is 11.0. The first kappa shape index (κ1) is 13.2. The van der Waals surface area contributed by atoms with E-state index in [0.717, 1.165) is 31.3 Å². The van der Waals surface area contributed by atoms with Gasteiger partial charge in [0, 0.05) is 11.6 Å². The number of nitrogens with two attached hydrogens (primary N) is 1. The maximum Gasteiger partial charge on any atom is 0.0940 e. The van der Waals surface area contributed by atoms with Crippen LogP contribution in [0.25, 0.3) is 0 Å². The van der Waals surface area contributed by atoms with Crippen LogP contribution in [-0.2, 0) is 0 Å². The van der Waals surface area contributed by atoms with Gasteiger partial charge in [0.05, 0.1) is 6.07 Å². The lowest BCUT2D eigenvalue weighted by molar-refractivity contribution is 0.375. The van der Waals surface area contributed by atoms with Crippen LogP contribution in [0.4, 0.5) is 0 Å². The number of hydrogen-bond donors (Lipinski definition) is 1. The third-order valence-corrected chi connectivity index (χ3v) is 2.48. The van der Waals surface area contributed by atoms with Crippen molar-refractivity contribution in [2.45, 2.75) is 52.5 Å². The Morgan fingerprint density at radius 1 is 1.29 bits per heavy atom. The lowest BCUT2D eigenvalue weighted by Crippen LogP contribution is -2.25. The molecule has 2 nitrogen and oxygen atoms in total. The van der Waals surface area contributed by atoms with E-state index >= 15 is 0 Å². The van der Waals surface area contributed by atoms with Crippen molar-refractivity contribution in [3.05, 3.63) is 11.6 Å². The summed E-state index contributed by atoms with van der Waals surface area (Å²) in [4.78, 5) is 0. The first-order chi connectivity index (χ1) is 6.72. The van der Waals surface area contributed by atoms with Crippen LogP contribution in [0.3, 0.4) is 0 Å². The largest absolute Gasteiger partial charge is 0.328 e. The molecule has 0 atom stereocenters. The summed E-state index contributed by atoms with van der Waals surface area (Å²) < 4.78 is 0.